The highest BCUT2D eigenvalue weighted by molar-refractivity contribution is 5.95. The van der Waals surface area contributed by atoms with Gasteiger partial charge < -0.3 is 15.0 Å². The van der Waals surface area contributed by atoms with Gasteiger partial charge in [0, 0.05) is 36.7 Å². The Morgan fingerprint density at radius 3 is 2.69 bits per heavy atom. The number of ether oxygens (including phenoxy) is 1. The number of hydrogen-bond acceptors (Lipinski definition) is 3. The SMILES string of the molecule is COc1ccccc1-c1ccc(C(=O)N2CC[C@@H]3CC(=O)N[C@@H]3C2)cc1. The van der Waals surface area contributed by atoms with Crippen LogP contribution in [0.25, 0.3) is 11.1 Å². The minimum Gasteiger partial charge on any atom is -0.496 e. The van der Waals surface area contributed by atoms with Crippen LogP contribution in [0.1, 0.15) is 23.2 Å². The summed E-state index contributed by atoms with van der Waals surface area (Å²) in [5.41, 5.74) is 2.69. The fraction of sp³-hybridized carbons (Fsp3) is 0.333. The van der Waals surface area contributed by atoms with Gasteiger partial charge in [-0.05, 0) is 36.1 Å². The van der Waals surface area contributed by atoms with Gasteiger partial charge in [0.2, 0.25) is 5.91 Å². The van der Waals surface area contributed by atoms with Gasteiger partial charge in [0.15, 0.2) is 0 Å². The third-order valence-corrected chi connectivity index (χ3v) is 5.39. The van der Waals surface area contributed by atoms with Crippen LogP contribution in [-0.4, -0.2) is 43.0 Å². The van der Waals surface area contributed by atoms with Crippen LogP contribution in [0.2, 0.25) is 0 Å². The summed E-state index contributed by atoms with van der Waals surface area (Å²) in [5.74, 6) is 1.32. The van der Waals surface area contributed by atoms with Gasteiger partial charge in [-0.25, -0.2) is 0 Å². The summed E-state index contributed by atoms with van der Waals surface area (Å²) in [6, 6.07) is 15.6. The van der Waals surface area contributed by atoms with E-state index in [4.69, 9.17) is 4.74 Å². The smallest absolute Gasteiger partial charge is 0.253 e. The van der Waals surface area contributed by atoms with Crippen LogP contribution < -0.4 is 10.1 Å². The number of carbonyl (C=O) groups is 2. The topological polar surface area (TPSA) is 58.6 Å². The molecule has 0 aromatic heterocycles. The van der Waals surface area contributed by atoms with Gasteiger partial charge in [0.1, 0.15) is 5.75 Å². The molecule has 2 amide bonds. The zero-order chi connectivity index (χ0) is 18.1. The van der Waals surface area contributed by atoms with Crippen LogP contribution in [0.15, 0.2) is 48.5 Å². The number of methoxy groups -OCH3 is 1. The van der Waals surface area contributed by atoms with E-state index in [-0.39, 0.29) is 17.9 Å². The monoisotopic (exact) mass is 350 g/mol. The molecular formula is C21H22N2O3. The van der Waals surface area contributed by atoms with Crippen LogP contribution in [0.4, 0.5) is 0 Å². The molecular weight excluding hydrogens is 328 g/mol. The molecule has 5 nitrogen and oxygen atoms in total. The van der Waals surface area contributed by atoms with Crippen molar-refractivity contribution in [1.82, 2.24) is 10.2 Å². The number of carbonyl (C=O) groups excluding carboxylic acids is 2. The second-order valence-corrected chi connectivity index (χ2v) is 6.96. The molecule has 1 N–H and O–H groups in total. The lowest BCUT2D eigenvalue weighted by Gasteiger charge is -2.34. The number of nitrogens with one attached hydrogen (secondary N) is 1. The van der Waals surface area contributed by atoms with E-state index in [1.807, 2.05) is 53.4 Å². The van der Waals surface area contributed by atoms with E-state index in [2.05, 4.69) is 5.32 Å². The second kappa shape index (κ2) is 6.83. The van der Waals surface area contributed by atoms with Gasteiger partial charge in [-0.3, -0.25) is 9.59 Å². The van der Waals surface area contributed by atoms with Gasteiger partial charge in [0.05, 0.1) is 7.11 Å². The van der Waals surface area contributed by atoms with Crippen LogP contribution >= 0.6 is 0 Å². The zero-order valence-corrected chi connectivity index (χ0v) is 14.8. The molecule has 0 saturated carbocycles. The molecule has 2 saturated heterocycles. The predicted molar refractivity (Wildman–Crippen MR) is 99.0 cm³/mol. The molecule has 2 aliphatic heterocycles. The summed E-state index contributed by atoms with van der Waals surface area (Å²) >= 11 is 0. The van der Waals surface area contributed by atoms with Gasteiger partial charge in [-0.15, -0.1) is 0 Å². The lowest BCUT2D eigenvalue weighted by Crippen LogP contribution is -2.49. The summed E-state index contributed by atoms with van der Waals surface area (Å²) in [5, 5.41) is 2.99. The van der Waals surface area contributed by atoms with Crippen LogP contribution in [-0.2, 0) is 4.79 Å². The van der Waals surface area contributed by atoms with E-state index in [1.165, 1.54) is 0 Å². The van der Waals surface area contributed by atoms with Crippen molar-refractivity contribution in [1.29, 1.82) is 0 Å². The average Bonchev–Trinajstić information content (AvgIpc) is 3.06. The lowest BCUT2D eigenvalue weighted by molar-refractivity contribution is -0.119. The summed E-state index contributed by atoms with van der Waals surface area (Å²) in [7, 11) is 1.65. The molecule has 26 heavy (non-hydrogen) atoms. The Kier molecular flexibility index (Phi) is 4.37. The number of rotatable bonds is 3. The number of benzene rings is 2. The van der Waals surface area contributed by atoms with Crippen molar-refractivity contribution in [2.75, 3.05) is 20.2 Å². The van der Waals surface area contributed by atoms with E-state index in [9.17, 15) is 9.59 Å². The molecule has 5 heteroatoms. The molecule has 4 rings (SSSR count). The molecule has 2 heterocycles. The van der Waals surface area contributed by atoms with Gasteiger partial charge >= 0.3 is 0 Å². The molecule has 134 valence electrons. The summed E-state index contributed by atoms with van der Waals surface area (Å²) in [4.78, 5) is 26.2. The maximum atomic E-state index is 12.8. The fourth-order valence-electron chi connectivity index (χ4n) is 3.95. The van der Waals surface area contributed by atoms with Gasteiger partial charge in [-0.1, -0.05) is 30.3 Å². The van der Waals surface area contributed by atoms with E-state index in [1.54, 1.807) is 7.11 Å². The van der Waals surface area contributed by atoms with E-state index in [0.717, 1.165) is 23.3 Å². The number of piperidine rings is 1. The van der Waals surface area contributed by atoms with Gasteiger partial charge in [-0.2, -0.15) is 0 Å². The summed E-state index contributed by atoms with van der Waals surface area (Å²) in [6.07, 6.45) is 1.48. The standard InChI is InChI=1S/C21H22N2O3/c1-26-19-5-3-2-4-17(19)14-6-8-15(9-7-14)21(25)23-11-10-16-12-20(24)22-18(16)13-23/h2-9,16,18H,10-13H2,1H3,(H,22,24)/t16-,18-/m1/s1. The van der Waals surface area contributed by atoms with E-state index in [0.29, 0.717) is 31.0 Å². The Morgan fingerprint density at radius 1 is 1.15 bits per heavy atom. The Balaban J connectivity index is 1.50. The quantitative estimate of drug-likeness (QED) is 0.926. The second-order valence-electron chi connectivity index (χ2n) is 6.96. The third kappa shape index (κ3) is 3.05. The minimum absolute atomic E-state index is 0.0242. The number of likely N-dealkylation sites (tertiary alicyclic amines) is 1. The molecule has 0 bridgehead atoms. The maximum absolute atomic E-state index is 12.8. The van der Waals surface area contributed by atoms with Crippen LogP contribution in [0.5, 0.6) is 5.75 Å². The molecule has 0 radical (unpaired) electrons. The highest BCUT2D eigenvalue weighted by Crippen LogP contribution is 2.30. The largest absolute Gasteiger partial charge is 0.496 e. The maximum Gasteiger partial charge on any atom is 0.253 e. The van der Waals surface area contributed by atoms with Crippen molar-refractivity contribution in [3.63, 3.8) is 0 Å². The van der Waals surface area contributed by atoms with Gasteiger partial charge in [0.25, 0.3) is 5.91 Å². The average molecular weight is 350 g/mol. The normalized spacial score (nSPS) is 21.9. The lowest BCUT2D eigenvalue weighted by atomic mass is 9.92. The first-order valence-corrected chi connectivity index (χ1v) is 8.98. The van der Waals surface area contributed by atoms with E-state index < -0.39 is 0 Å². The highest BCUT2D eigenvalue weighted by Gasteiger charge is 2.38. The minimum atomic E-state index is 0.0242. The molecule has 2 aromatic rings. The van der Waals surface area contributed by atoms with Crippen molar-refractivity contribution < 1.29 is 14.3 Å². The van der Waals surface area contributed by atoms with Crippen LogP contribution in [0, 0.1) is 5.92 Å². The molecule has 2 atom stereocenters. The van der Waals surface area contributed by atoms with Crippen molar-refractivity contribution in [2.45, 2.75) is 18.9 Å². The Morgan fingerprint density at radius 2 is 1.92 bits per heavy atom. The molecule has 2 aromatic carbocycles. The molecule has 2 fully saturated rings. The number of amides is 2. The first kappa shape index (κ1) is 16.6. The fourth-order valence-corrected chi connectivity index (χ4v) is 3.95. The molecule has 0 aliphatic carbocycles. The number of para-hydroxylation sites is 1. The molecule has 0 spiro atoms. The molecule has 2 aliphatic rings. The van der Waals surface area contributed by atoms with Crippen molar-refractivity contribution in [3.8, 4) is 16.9 Å². The predicted octanol–water partition coefficient (Wildman–Crippen LogP) is 2.71. The van der Waals surface area contributed by atoms with Crippen molar-refractivity contribution >= 4 is 11.8 Å². The Labute approximate surface area is 153 Å². The van der Waals surface area contributed by atoms with Crippen molar-refractivity contribution in [3.05, 3.63) is 54.1 Å². The highest BCUT2D eigenvalue weighted by atomic mass is 16.5. The van der Waals surface area contributed by atoms with Crippen molar-refractivity contribution in [2.24, 2.45) is 5.92 Å². The number of nitrogens with zero attached hydrogens (tertiary/aromatic N) is 1. The zero-order valence-electron chi connectivity index (χ0n) is 14.8. The van der Waals surface area contributed by atoms with E-state index >= 15 is 0 Å². The number of fused-ring (bicyclic) bond motifs is 1. The first-order valence-electron chi connectivity index (χ1n) is 8.98. The third-order valence-electron chi connectivity index (χ3n) is 5.39. The first-order chi connectivity index (χ1) is 12.7. The Hall–Kier alpha value is -2.82. The Bertz CT molecular complexity index is 831. The summed E-state index contributed by atoms with van der Waals surface area (Å²) in [6.45, 7) is 1.31. The van der Waals surface area contributed by atoms with Crippen LogP contribution in [0.3, 0.4) is 0 Å². The summed E-state index contributed by atoms with van der Waals surface area (Å²) < 4.78 is 5.41. The molecule has 0 unspecified atom stereocenters. The number of hydrogen-bond donors (Lipinski definition) is 1.